The lowest BCUT2D eigenvalue weighted by Gasteiger charge is -2.15. The number of rotatable bonds is 1. The summed E-state index contributed by atoms with van der Waals surface area (Å²) in [5, 5.41) is 8.73. The monoisotopic (exact) mass is 243 g/mol. The van der Waals surface area contributed by atoms with Crippen LogP contribution in [0, 0.1) is 0 Å². The fraction of sp³-hybridized carbons (Fsp3) is 0.333. The maximum Gasteiger partial charge on any atom is 0.341 e. The predicted molar refractivity (Wildman–Crippen MR) is 55.2 cm³/mol. The van der Waals surface area contributed by atoms with Crippen LogP contribution in [0.4, 0.5) is 0 Å². The van der Waals surface area contributed by atoms with Crippen LogP contribution in [0.25, 0.3) is 0 Å². The van der Waals surface area contributed by atoms with Gasteiger partial charge < -0.3 is 10.1 Å². The first-order chi connectivity index (χ1) is 7.41. The molecule has 86 valence electrons. The second-order valence-electron chi connectivity index (χ2n) is 3.64. The standard InChI is InChI=1S/C9H9NO5S/c11-8-5-1-2-16(14,15)4-7(5)10-3-6(8)9(12)13/h3H,1-2,4H2,(H,10,11)(H,12,13). The number of aromatic amines is 1. The van der Waals surface area contributed by atoms with E-state index in [9.17, 15) is 18.0 Å². The molecule has 0 unspecified atom stereocenters. The molecular formula is C9H9NO5S. The van der Waals surface area contributed by atoms with Crippen molar-refractivity contribution in [1.29, 1.82) is 0 Å². The average Bonchev–Trinajstić information content (AvgIpc) is 2.15. The molecule has 1 aliphatic rings. The Balaban J connectivity index is 2.62. The second-order valence-corrected chi connectivity index (χ2v) is 5.82. The number of sulfone groups is 1. The van der Waals surface area contributed by atoms with Gasteiger partial charge in [0.05, 0.1) is 11.5 Å². The van der Waals surface area contributed by atoms with E-state index in [1.54, 1.807) is 0 Å². The molecule has 1 aromatic heterocycles. The third-order valence-electron chi connectivity index (χ3n) is 2.53. The number of hydrogen-bond acceptors (Lipinski definition) is 4. The Morgan fingerprint density at radius 2 is 2.12 bits per heavy atom. The van der Waals surface area contributed by atoms with E-state index in [4.69, 9.17) is 5.11 Å². The minimum absolute atomic E-state index is 0.0775. The highest BCUT2D eigenvalue weighted by Gasteiger charge is 2.25. The number of aromatic nitrogens is 1. The largest absolute Gasteiger partial charge is 0.477 e. The average molecular weight is 243 g/mol. The zero-order chi connectivity index (χ0) is 11.9. The van der Waals surface area contributed by atoms with Crippen LogP contribution in [-0.2, 0) is 22.0 Å². The zero-order valence-corrected chi connectivity index (χ0v) is 9.00. The number of hydrogen-bond donors (Lipinski definition) is 2. The molecule has 0 aliphatic carbocycles. The van der Waals surface area contributed by atoms with Gasteiger partial charge in [-0.05, 0) is 6.42 Å². The first-order valence-corrected chi connectivity index (χ1v) is 6.40. The molecule has 2 heterocycles. The van der Waals surface area contributed by atoms with Crippen LogP contribution in [0.3, 0.4) is 0 Å². The van der Waals surface area contributed by atoms with Crippen LogP contribution in [-0.4, -0.2) is 30.2 Å². The van der Waals surface area contributed by atoms with Crippen LogP contribution in [0.15, 0.2) is 11.0 Å². The molecule has 1 aromatic rings. The number of nitrogens with one attached hydrogen (secondary N) is 1. The molecule has 0 aromatic carbocycles. The van der Waals surface area contributed by atoms with Gasteiger partial charge in [0.2, 0.25) is 0 Å². The minimum atomic E-state index is -3.16. The van der Waals surface area contributed by atoms with Gasteiger partial charge in [-0.25, -0.2) is 13.2 Å². The molecule has 0 bridgehead atoms. The van der Waals surface area contributed by atoms with Crippen molar-refractivity contribution >= 4 is 15.8 Å². The highest BCUT2D eigenvalue weighted by atomic mass is 32.2. The minimum Gasteiger partial charge on any atom is -0.477 e. The summed E-state index contributed by atoms with van der Waals surface area (Å²) >= 11 is 0. The van der Waals surface area contributed by atoms with Crippen LogP contribution in [0.5, 0.6) is 0 Å². The van der Waals surface area contributed by atoms with E-state index in [1.165, 1.54) is 0 Å². The molecule has 0 atom stereocenters. The van der Waals surface area contributed by atoms with Crippen molar-refractivity contribution < 1.29 is 18.3 Å². The summed E-state index contributed by atoms with van der Waals surface area (Å²) in [4.78, 5) is 24.9. The Kier molecular flexibility index (Phi) is 2.34. The topological polar surface area (TPSA) is 104 Å². The summed E-state index contributed by atoms with van der Waals surface area (Å²) in [5.74, 6) is -1.64. The van der Waals surface area contributed by atoms with Gasteiger partial charge in [-0.2, -0.15) is 0 Å². The lowest BCUT2D eigenvalue weighted by Crippen LogP contribution is -2.29. The third-order valence-corrected chi connectivity index (χ3v) is 4.09. The highest BCUT2D eigenvalue weighted by Crippen LogP contribution is 2.15. The van der Waals surface area contributed by atoms with Crippen molar-refractivity contribution in [3.63, 3.8) is 0 Å². The van der Waals surface area contributed by atoms with Gasteiger partial charge >= 0.3 is 5.97 Å². The molecule has 16 heavy (non-hydrogen) atoms. The summed E-state index contributed by atoms with van der Waals surface area (Å²) in [6.45, 7) is 0. The summed E-state index contributed by atoms with van der Waals surface area (Å²) < 4.78 is 22.6. The van der Waals surface area contributed by atoms with E-state index in [2.05, 4.69) is 4.98 Å². The van der Waals surface area contributed by atoms with Gasteiger partial charge in [-0.1, -0.05) is 0 Å². The van der Waals surface area contributed by atoms with E-state index in [1.807, 2.05) is 0 Å². The van der Waals surface area contributed by atoms with Crippen LogP contribution < -0.4 is 5.43 Å². The Morgan fingerprint density at radius 1 is 1.44 bits per heavy atom. The summed E-state index contributed by atoms with van der Waals surface area (Å²) in [6.07, 6.45) is 1.12. The quantitative estimate of drug-likeness (QED) is 0.694. The molecule has 2 rings (SSSR count). The first-order valence-electron chi connectivity index (χ1n) is 4.58. The zero-order valence-electron chi connectivity index (χ0n) is 8.19. The van der Waals surface area contributed by atoms with E-state index >= 15 is 0 Å². The molecule has 0 radical (unpaired) electrons. The van der Waals surface area contributed by atoms with Gasteiger partial charge in [-0.3, -0.25) is 4.79 Å². The van der Waals surface area contributed by atoms with Gasteiger partial charge in [0.15, 0.2) is 15.3 Å². The van der Waals surface area contributed by atoms with Crippen molar-refractivity contribution in [2.45, 2.75) is 12.2 Å². The van der Waals surface area contributed by atoms with Gasteiger partial charge in [0, 0.05) is 17.5 Å². The number of carboxylic acid groups (broad SMARTS) is 1. The van der Waals surface area contributed by atoms with E-state index in [0.29, 0.717) is 5.69 Å². The molecule has 1 aliphatic heterocycles. The number of carbonyl (C=O) groups is 1. The summed E-state index contributed by atoms with van der Waals surface area (Å²) in [7, 11) is -3.16. The Bertz CT molecular complexity index is 613. The maximum atomic E-state index is 11.7. The fourth-order valence-corrected chi connectivity index (χ4v) is 3.07. The molecule has 0 saturated heterocycles. The predicted octanol–water partition coefficient (Wildman–Crippen LogP) is -0.456. The Morgan fingerprint density at radius 3 is 2.75 bits per heavy atom. The fourth-order valence-electron chi connectivity index (χ4n) is 1.71. The Hall–Kier alpha value is -1.63. The molecule has 7 heteroatoms. The normalized spacial score (nSPS) is 17.8. The van der Waals surface area contributed by atoms with Gasteiger partial charge in [0.25, 0.3) is 0 Å². The van der Waals surface area contributed by atoms with Crippen LogP contribution >= 0.6 is 0 Å². The Labute approximate surface area is 90.8 Å². The second kappa shape index (κ2) is 3.44. The molecule has 0 spiro atoms. The molecular weight excluding hydrogens is 234 g/mol. The van der Waals surface area contributed by atoms with Crippen LogP contribution in [0.2, 0.25) is 0 Å². The number of aromatic carboxylic acids is 1. The van der Waals surface area contributed by atoms with Crippen molar-refractivity contribution in [1.82, 2.24) is 4.98 Å². The molecule has 0 amide bonds. The van der Waals surface area contributed by atoms with Crippen molar-refractivity contribution in [2.24, 2.45) is 0 Å². The van der Waals surface area contributed by atoms with Crippen molar-refractivity contribution in [3.8, 4) is 0 Å². The van der Waals surface area contributed by atoms with E-state index < -0.39 is 21.2 Å². The maximum absolute atomic E-state index is 11.7. The van der Waals surface area contributed by atoms with E-state index in [0.717, 1.165) is 6.20 Å². The molecule has 0 fully saturated rings. The number of fused-ring (bicyclic) bond motifs is 1. The third kappa shape index (κ3) is 1.73. The number of carboxylic acids is 1. The molecule has 0 saturated carbocycles. The van der Waals surface area contributed by atoms with Crippen molar-refractivity contribution in [3.05, 3.63) is 33.2 Å². The number of H-pyrrole nitrogens is 1. The SMILES string of the molecule is O=C(O)c1c[nH]c2c(c1=O)CCS(=O)(=O)C2. The summed E-state index contributed by atoms with van der Waals surface area (Å²) in [6, 6.07) is 0. The molecule has 2 N–H and O–H groups in total. The first kappa shape index (κ1) is 10.9. The smallest absolute Gasteiger partial charge is 0.341 e. The van der Waals surface area contributed by atoms with Gasteiger partial charge in [-0.15, -0.1) is 0 Å². The van der Waals surface area contributed by atoms with Crippen molar-refractivity contribution in [2.75, 3.05) is 5.75 Å². The van der Waals surface area contributed by atoms with Crippen LogP contribution in [0.1, 0.15) is 21.6 Å². The summed E-state index contributed by atoms with van der Waals surface area (Å²) in [5.41, 5.74) is -0.356. The van der Waals surface area contributed by atoms with E-state index in [-0.39, 0.29) is 29.1 Å². The lowest BCUT2D eigenvalue weighted by atomic mass is 10.1. The lowest BCUT2D eigenvalue weighted by molar-refractivity contribution is 0.0695. The molecule has 6 nitrogen and oxygen atoms in total. The highest BCUT2D eigenvalue weighted by molar-refractivity contribution is 7.90. The number of pyridine rings is 1. The van der Waals surface area contributed by atoms with Gasteiger partial charge in [0.1, 0.15) is 5.56 Å².